The van der Waals surface area contributed by atoms with Crippen molar-refractivity contribution in [1.29, 1.82) is 0 Å². The van der Waals surface area contributed by atoms with Crippen LogP contribution in [0.15, 0.2) is 24.3 Å². The molecule has 1 heterocycles. The minimum atomic E-state index is 0.409. The van der Waals surface area contributed by atoms with Gasteiger partial charge in [0.05, 0.1) is 6.10 Å². The molecule has 0 saturated carbocycles. The molecule has 1 N–H and O–H groups in total. The maximum Gasteiger partial charge on any atom is 0.0588 e. The first-order chi connectivity index (χ1) is 8.70. The molecule has 0 radical (unpaired) electrons. The summed E-state index contributed by atoms with van der Waals surface area (Å²) in [5.41, 5.74) is 2.78. The number of benzene rings is 1. The van der Waals surface area contributed by atoms with Crippen molar-refractivity contribution in [3.63, 3.8) is 0 Å². The zero-order valence-electron chi connectivity index (χ0n) is 11.8. The van der Waals surface area contributed by atoms with E-state index in [-0.39, 0.29) is 0 Å². The average molecular weight is 247 g/mol. The van der Waals surface area contributed by atoms with Crippen LogP contribution in [-0.4, -0.2) is 19.3 Å². The summed E-state index contributed by atoms with van der Waals surface area (Å²) in [5.74, 6) is 0.669. The standard InChI is InChI=1S/C16H25NO/c1-4-14-5-7-15(8-6-14)12(2)17-11-16-9-10-18-13(16)3/h5-8,12-13,16-17H,4,9-11H2,1-3H3. The van der Waals surface area contributed by atoms with E-state index in [0.29, 0.717) is 18.1 Å². The molecule has 2 nitrogen and oxygen atoms in total. The van der Waals surface area contributed by atoms with Gasteiger partial charge in [0.15, 0.2) is 0 Å². The Bertz CT molecular complexity index is 360. The Labute approximate surface area is 111 Å². The minimum Gasteiger partial charge on any atom is -0.378 e. The van der Waals surface area contributed by atoms with Crippen molar-refractivity contribution in [3.8, 4) is 0 Å². The summed E-state index contributed by atoms with van der Waals surface area (Å²) in [5, 5.41) is 3.63. The number of ether oxygens (including phenoxy) is 1. The highest BCUT2D eigenvalue weighted by Crippen LogP contribution is 2.21. The summed E-state index contributed by atoms with van der Waals surface area (Å²) in [7, 11) is 0. The van der Waals surface area contributed by atoms with Gasteiger partial charge in [-0.15, -0.1) is 0 Å². The summed E-state index contributed by atoms with van der Waals surface area (Å²) in [6.45, 7) is 8.59. The van der Waals surface area contributed by atoms with E-state index in [1.165, 1.54) is 17.5 Å². The molecule has 0 aliphatic carbocycles. The van der Waals surface area contributed by atoms with Gasteiger partial charge in [-0.05, 0) is 43.7 Å². The van der Waals surface area contributed by atoms with Gasteiger partial charge >= 0.3 is 0 Å². The van der Waals surface area contributed by atoms with Gasteiger partial charge in [-0.25, -0.2) is 0 Å². The molecule has 1 aliphatic rings. The highest BCUT2D eigenvalue weighted by atomic mass is 16.5. The Hall–Kier alpha value is -0.860. The molecule has 1 aromatic carbocycles. The summed E-state index contributed by atoms with van der Waals surface area (Å²) in [6, 6.07) is 9.36. The van der Waals surface area contributed by atoms with Crippen LogP contribution in [0.1, 0.15) is 44.4 Å². The van der Waals surface area contributed by atoms with Crippen molar-refractivity contribution in [2.45, 2.75) is 45.8 Å². The quantitative estimate of drug-likeness (QED) is 0.862. The van der Waals surface area contributed by atoms with Gasteiger partial charge < -0.3 is 10.1 Å². The van der Waals surface area contributed by atoms with E-state index in [1.54, 1.807) is 0 Å². The van der Waals surface area contributed by atoms with E-state index in [0.717, 1.165) is 19.6 Å². The first-order valence-electron chi connectivity index (χ1n) is 7.14. The third-order valence-electron chi connectivity index (χ3n) is 4.11. The monoisotopic (exact) mass is 247 g/mol. The largest absolute Gasteiger partial charge is 0.378 e. The smallest absolute Gasteiger partial charge is 0.0588 e. The lowest BCUT2D eigenvalue weighted by Crippen LogP contribution is -2.29. The fourth-order valence-corrected chi connectivity index (χ4v) is 2.53. The molecule has 0 bridgehead atoms. The van der Waals surface area contributed by atoms with Crippen molar-refractivity contribution in [2.24, 2.45) is 5.92 Å². The molecule has 100 valence electrons. The van der Waals surface area contributed by atoms with Crippen LogP contribution in [0, 0.1) is 5.92 Å². The Kier molecular flexibility index (Phi) is 4.79. The fraction of sp³-hybridized carbons (Fsp3) is 0.625. The van der Waals surface area contributed by atoms with Crippen molar-refractivity contribution in [1.82, 2.24) is 5.32 Å². The number of aryl methyl sites for hydroxylation is 1. The molecule has 1 saturated heterocycles. The van der Waals surface area contributed by atoms with Gasteiger partial charge in [0.2, 0.25) is 0 Å². The van der Waals surface area contributed by atoms with Crippen molar-refractivity contribution < 1.29 is 4.74 Å². The van der Waals surface area contributed by atoms with Crippen molar-refractivity contribution >= 4 is 0 Å². The highest BCUT2D eigenvalue weighted by molar-refractivity contribution is 5.24. The van der Waals surface area contributed by atoms with Gasteiger partial charge in [-0.3, -0.25) is 0 Å². The fourth-order valence-electron chi connectivity index (χ4n) is 2.53. The van der Waals surface area contributed by atoms with Gasteiger partial charge in [0, 0.05) is 19.2 Å². The van der Waals surface area contributed by atoms with Gasteiger partial charge in [0.1, 0.15) is 0 Å². The lowest BCUT2D eigenvalue weighted by atomic mass is 10.0. The molecule has 2 heteroatoms. The van der Waals surface area contributed by atoms with Crippen LogP contribution in [0.3, 0.4) is 0 Å². The molecule has 1 aromatic rings. The van der Waals surface area contributed by atoms with Crippen LogP contribution in [0.5, 0.6) is 0 Å². The molecule has 2 rings (SSSR count). The van der Waals surface area contributed by atoms with Crippen molar-refractivity contribution in [2.75, 3.05) is 13.2 Å². The predicted molar refractivity (Wildman–Crippen MR) is 75.8 cm³/mol. The van der Waals surface area contributed by atoms with Crippen LogP contribution in [0.2, 0.25) is 0 Å². The second-order valence-electron chi connectivity index (χ2n) is 5.35. The summed E-state index contributed by atoms with van der Waals surface area (Å²) >= 11 is 0. The highest BCUT2D eigenvalue weighted by Gasteiger charge is 2.24. The first kappa shape index (κ1) is 13.6. The van der Waals surface area contributed by atoms with E-state index < -0.39 is 0 Å². The van der Waals surface area contributed by atoms with Gasteiger partial charge in [-0.2, -0.15) is 0 Å². The Morgan fingerprint density at radius 1 is 1.33 bits per heavy atom. The van der Waals surface area contributed by atoms with Crippen molar-refractivity contribution in [3.05, 3.63) is 35.4 Å². The molecule has 0 spiro atoms. The minimum absolute atomic E-state index is 0.409. The Balaban J connectivity index is 1.84. The van der Waals surface area contributed by atoms with Crippen LogP contribution < -0.4 is 5.32 Å². The van der Waals surface area contributed by atoms with E-state index in [2.05, 4.69) is 50.4 Å². The molecule has 0 amide bonds. The molecular weight excluding hydrogens is 222 g/mol. The lowest BCUT2D eigenvalue weighted by molar-refractivity contribution is 0.105. The average Bonchev–Trinajstić information content (AvgIpc) is 2.81. The maximum absolute atomic E-state index is 5.59. The Morgan fingerprint density at radius 2 is 2.06 bits per heavy atom. The molecule has 0 aromatic heterocycles. The zero-order chi connectivity index (χ0) is 13.0. The summed E-state index contributed by atoms with van der Waals surface area (Å²) in [4.78, 5) is 0. The van der Waals surface area contributed by atoms with E-state index in [4.69, 9.17) is 4.74 Å². The van der Waals surface area contributed by atoms with E-state index in [9.17, 15) is 0 Å². The lowest BCUT2D eigenvalue weighted by Gasteiger charge is -2.19. The SMILES string of the molecule is CCc1ccc(C(C)NCC2CCOC2C)cc1. The van der Waals surface area contributed by atoms with Crippen LogP contribution >= 0.6 is 0 Å². The number of nitrogens with one attached hydrogen (secondary N) is 1. The van der Waals surface area contributed by atoms with Crippen LogP contribution in [-0.2, 0) is 11.2 Å². The molecule has 1 aliphatic heterocycles. The van der Waals surface area contributed by atoms with Crippen LogP contribution in [0.25, 0.3) is 0 Å². The van der Waals surface area contributed by atoms with Gasteiger partial charge in [-0.1, -0.05) is 31.2 Å². The second-order valence-corrected chi connectivity index (χ2v) is 5.35. The van der Waals surface area contributed by atoms with Gasteiger partial charge in [0.25, 0.3) is 0 Å². The van der Waals surface area contributed by atoms with Crippen LogP contribution in [0.4, 0.5) is 0 Å². The summed E-state index contributed by atoms with van der Waals surface area (Å²) in [6.07, 6.45) is 2.71. The van der Waals surface area contributed by atoms with E-state index in [1.807, 2.05) is 0 Å². The third-order valence-corrected chi connectivity index (χ3v) is 4.11. The zero-order valence-corrected chi connectivity index (χ0v) is 11.8. The molecule has 3 atom stereocenters. The molecule has 18 heavy (non-hydrogen) atoms. The molecular formula is C16H25NO. The molecule has 1 fully saturated rings. The maximum atomic E-state index is 5.59. The number of hydrogen-bond donors (Lipinski definition) is 1. The first-order valence-corrected chi connectivity index (χ1v) is 7.14. The third kappa shape index (κ3) is 3.33. The topological polar surface area (TPSA) is 21.3 Å². The predicted octanol–water partition coefficient (Wildman–Crippen LogP) is 3.32. The van der Waals surface area contributed by atoms with E-state index >= 15 is 0 Å². The summed E-state index contributed by atoms with van der Waals surface area (Å²) < 4.78 is 5.59. The number of rotatable bonds is 5. The second kappa shape index (κ2) is 6.35. The normalized spacial score (nSPS) is 25.3. The Morgan fingerprint density at radius 3 is 2.61 bits per heavy atom. The number of hydrogen-bond acceptors (Lipinski definition) is 2. The molecule has 3 unspecified atom stereocenters.